The smallest absolute Gasteiger partial charge is 0.116 e. The molecule has 0 saturated carbocycles. The summed E-state index contributed by atoms with van der Waals surface area (Å²) in [6, 6.07) is 0. The molecule has 0 aliphatic rings. The summed E-state index contributed by atoms with van der Waals surface area (Å²) in [5.41, 5.74) is 7.20. The van der Waals surface area contributed by atoms with Gasteiger partial charge >= 0.3 is 0 Å². The lowest BCUT2D eigenvalue weighted by Gasteiger charge is -1.92. The number of rotatable bonds is 3. The Morgan fingerprint density at radius 2 is 2.29 bits per heavy atom. The van der Waals surface area contributed by atoms with Gasteiger partial charge in [-0.1, -0.05) is 5.21 Å². The molecule has 74 valence electrons. The lowest BCUT2D eigenvalue weighted by Crippen LogP contribution is -2.10. The Hall–Kier alpha value is -1.69. The maximum atomic E-state index is 5.41. The molecule has 0 radical (unpaired) electrons. The third-order valence-corrected chi connectivity index (χ3v) is 1.90. The van der Waals surface area contributed by atoms with Crippen molar-refractivity contribution < 1.29 is 0 Å². The maximum absolute atomic E-state index is 5.41. The second-order valence-corrected chi connectivity index (χ2v) is 3.06. The maximum Gasteiger partial charge on any atom is 0.116 e. The van der Waals surface area contributed by atoms with Crippen LogP contribution in [0.15, 0.2) is 18.6 Å². The molecule has 2 aromatic heterocycles. The van der Waals surface area contributed by atoms with Crippen molar-refractivity contribution in [2.45, 2.75) is 6.54 Å². The van der Waals surface area contributed by atoms with Crippen LogP contribution >= 0.6 is 0 Å². The van der Waals surface area contributed by atoms with E-state index in [9.17, 15) is 0 Å². The summed E-state index contributed by atoms with van der Waals surface area (Å²) < 4.78 is 3.46. The molecule has 0 unspecified atom stereocenters. The molecule has 0 aliphatic heterocycles. The number of nitrogens with zero attached hydrogens (tertiary/aromatic N) is 5. The molecular formula is C8H12N6. The van der Waals surface area contributed by atoms with Crippen molar-refractivity contribution >= 4 is 0 Å². The summed E-state index contributed by atoms with van der Waals surface area (Å²) in [4.78, 5) is 0. The molecule has 0 aliphatic carbocycles. The van der Waals surface area contributed by atoms with Crippen molar-refractivity contribution in [2.75, 3.05) is 6.54 Å². The molecule has 6 heteroatoms. The standard InChI is InChI=1S/C8H12N6/c1-13-5-7(4-10-13)8-6-14(3-2-9)12-11-8/h4-6H,2-3,9H2,1H3. The lowest BCUT2D eigenvalue weighted by atomic mass is 10.3. The van der Waals surface area contributed by atoms with Crippen molar-refractivity contribution in [3.8, 4) is 11.3 Å². The van der Waals surface area contributed by atoms with Gasteiger partial charge in [0, 0.05) is 25.4 Å². The minimum atomic E-state index is 0.565. The average molecular weight is 192 g/mol. The summed E-state index contributed by atoms with van der Waals surface area (Å²) in [6.07, 6.45) is 5.53. The van der Waals surface area contributed by atoms with E-state index >= 15 is 0 Å². The molecule has 0 bridgehead atoms. The van der Waals surface area contributed by atoms with Crippen molar-refractivity contribution in [1.82, 2.24) is 24.8 Å². The first kappa shape index (κ1) is 8.89. The summed E-state index contributed by atoms with van der Waals surface area (Å²) in [5, 5.41) is 12.0. The first-order valence-electron chi connectivity index (χ1n) is 4.39. The van der Waals surface area contributed by atoms with Crippen LogP contribution in [0.25, 0.3) is 11.3 Å². The minimum absolute atomic E-state index is 0.565. The van der Waals surface area contributed by atoms with E-state index in [0.717, 1.165) is 11.3 Å². The number of aryl methyl sites for hydroxylation is 1. The minimum Gasteiger partial charge on any atom is -0.329 e. The third-order valence-electron chi connectivity index (χ3n) is 1.90. The van der Waals surface area contributed by atoms with Crippen LogP contribution < -0.4 is 5.73 Å². The predicted octanol–water partition coefficient (Wildman–Crippen LogP) is -0.363. The van der Waals surface area contributed by atoms with E-state index < -0.39 is 0 Å². The van der Waals surface area contributed by atoms with Crippen LogP contribution in [-0.2, 0) is 13.6 Å². The first-order valence-corrected chi connectivity index (χ1v) is 4.39. The Kier molecular flexibility index (Phi) is 2.28. The van der Waals surface area contributed by atoms with Gasteiger partial charge in [0.2, 0.25) is 0 Å². The molecule has 2 rings (SSSR count). The van der Waals surface area contributed by atoms with Crippen LogP contribution in [0.3, 0.4) is 0 Å². The second-order valence-electron chi connectivity index (χ2n) is 3.06. The predicted molar refractivity (Wildman–Crippen MR) is 51.3 cm³/mol. The zero-order chi connectivity index (χ0) is 9.97. The fourth-order valence-corrected chi connectivity index (χ4v) is 1.23. The molecule has 0 aromatic carbocycles. The second kappa shape index (κ2) is 3.59. The van der Waals surface area contributed by atoms with Crippen molar-refractivity contribution in [3.05, 3.63) is 18.6 Å². The van der Waals surface area contributed by atoms with Crippen LogP contribution in [0.2, 0.25) is 0 Å². The van der Waals surface area contributed by atoms with Crippen molar-refractivity contribution in [1.29, 1.82) is 0 Å². The molecule has 0 atom stereocenters. The Morgan fingerprint density at radius 1 is 1.43 bits per heavy atom. The number of aromatic nitrogens is 5. The van der Waals surface area contributed by atoms with Gasteiger partial charge in [-0.25, -0.2) is 0 Å². The molecule has 2 heterocycles. The molecular weight excluding hydrogens is 180 g/mol. The molecule has 0 fully saturated rings. The topological polar surface area (TPSA) is 74.5 Å². The zero-order valence-corrected chi connectivity index (χ0v) is 7.96. The van der Waals surface area contributed by atoms with E-state index in [1.54, 1.807) is 15.6 Å². The fourth-order valence-electron chi connectivity index (χ4n) is 1.23. The highest BCUT2D eigenvalue weighted by atomic mass is 15.4. The summed E-state index contributed by atoms with van der Waals surface area (Å²) in [7, 11) is 1.87. The number of hydrogen-bond donors (Lipinski definition) is 1. The summed E-state index contributed by atoms with van der Waals surface area (Å²) in [6.45, 7) is 1.25. The van der Waals surface area contributed by atoms with Gasteiger partial charge in [0.15, 0.2) is 0 Å². The highest BCUT2D eigenvalue weighted by Gasteiger charge is 2.04. The Balaban J connectivity index is 2.24. The summed E-state index contributed by atoms with van der Waals surface area (Å²) >= 11 is 0. The number of nitrogens with two attached hydrogens (primary N) is 1. The van der Waals surface area contributed by atoms with E-state index in [2.05, 4.69) is 15.4 Å². The van der Waals surface area contributed by atoms with E-state index in [0.29, 0.717) is 13.1 Å². The lowest BCUT2D eigenvalue weighted by molar-refractivity contribution is 0.598. The van der Waals surface area contributed by atoms with Gasteiger partial charge in [-0.3, -0.25) is 9.36 Å². The van der Waals surface area contributed by atoms with E-state index in [1.807, 2.05) is 19.4 Å². The van der Waals surface area contributed by atoms with Gasteiger partial charge in [0.25, 0.3) is 0 Å². The van der Waals surface area contributed by atoms with Crippen LogP contribution in [-0.4, -0.2) is 31.3 Å². The molecule has 0 amide bonds. The van der Waals surface area contributed by atoms with Gasteiger partial charge in [0.1, 0.15) is 5.69 Å². The van der Waals surface area contributed by atoms with Gasteiger partial charge in [-0.15, -0.1) is 5.10 Å². The van der Waals surface area contributed by atoms with Crippen LogP contribution in [0.1, 0.15) is 0 Å². The van der Waals surface area contributed by atoms with Crippen molar-refractivity contribution in [3.63, 3.8) is 0 Å². The third kappa shape index (κ3) is 1.64. The van der Waals surface area contributed by atoms with Gasteiger partial charge in [0.05, 0.1) is 18.9 Å². The first-order chi connectivity index (χ1) is 6.79. The van der Waals surface area contributed by atoms with Crippen LogP contribution in [0, 0.1) is 0 Å². The summed E-state index contributed by atoms with van der Waals surface area (Å²) in [5.74, 6) is 0. The monoisotopic (exact) mass is 192 g/mol. The Bertz CT molecular complexity index is 415. The average Bonchev–Trinajstić information content (AvgIpc) is 2.74. The van der Waals surface area contributed by atoms with E-state index in [4.69, 9.17) is 5.73 Å². The molecule has 14 heavy (non-hydrogen) atoms. The van der Waals surface area contributed by atoms with Crippen LogP contribution in [0.4, 0.5) is 0 Å². The fraction of sp³-hybridized carbons (Fsp3) is 0.375. The van der Waals surface area contributed by atoms with Crippen molar-refractivity contribution in [2.24, 2.45) is 12.8 Å². The molecule has 6 nitrogen and oxygen atoms in total. The van der Waals surface area contributed by atoms with Crippen LogP contribution in [0.5, 0.6) is 0 Å². The van der Waals surface area contributed by atoms with Gasteiger partial charge < -0.3 is 5.73 Å². The normalized spacial score (nSPS) is 10.7. The highest BCUT2D eigenvalue weighted by Crippen LogP contribution is 2.13. The van der Waals surface area contributed by atoms with Gasteiger partial charge in [-0.05, 0) is 0 Å². The largest absolute Gasteiger partial charge is 0.329 e. The highest BCUT2D eigenvalue weighted by molar-refractivity contribution is 5.54. The van der Waals surface area contributed by atoms with Gasteiger partial charge in [-0.2, -0.15) is 5.10 Å². The van der Waals surface area contributed by atoms with E-state index in [1.165, 1.54) is 0 Å². The molecule has 2 N–H and O–H groups in total. The molecule has 2 aromatic rings. The van der Waals surface area contributed by atoms with E-state index in [-0.39, 0.29) is 0 Å². The Labute approximate surface area is 81.3 Å². The zero-order valence-electron chi connectivity index (χ0n) is 7.96. The number of hydrogen-bond acceptors (Lipinski definition) is 4. The SMILES string of the molecule is Cn1cc(-c2cn(CCN)nn2)cn1. The Morgan fingerprint density at radius 3 is 2.93 bits per heavy atom. The molecule has 0 saturated heterocycles. The molecule has 0 spiro atoms. The quantitative estimate of drug-likeness (QED) is 0.720.